The van der Waals surface area contributed by atoms with E-state index in [2.05, 4.69) is 59.3 Å². The van der Waals surface area contributed by atoms with Crippen LogP contribution in [0.3, 0.4) is 0 Å². The van der Waals surface area contributed by atoms with Crippen LogP contribution in [-0.2, 0) is 11.3 Å². The molecule has 2 heterocycles. The molecule has 5 heteroatoms. The van der Waals surface area contributed by atoms with E-state index in [1.165, 1.54) is 5.56 Å². The summed E-state index contributed by atoms with van der Waals surface area (Å²) in [5.41, 5.74) is 1.62. The van der Waals surface area contributed by atoms with Gasteiger partial charge in [0.1, 0.15) is 0 Å². The molecule has 132 valence electrons. The molecule has 1 aromatic rings. The summed E-state index contributed by atoms with van der Waals surface area (Å²) < 4.78 is 5.34. The van der Waals surface area contributed by atoms with E-state index in [0.717, 1.165) is 65.0 Å². The van der Waals surface area contributed by atoms with E-state index in [1.807, 2.05) is 0 Å². The molecule has 0 unspecified atom stereocenters. The summed E-state index contributed by atoms with van der Waals surface area (Å²) in [4.78, 5) is 9.79. The van der Waals surface area contributed by atoms with Crippen LogP contribution in [0.15, 0.2) is 35.3 Å². The molecule has 2 fully saturated rings. The highest BCUT2D eigenvalue weighted by molar-refractivity contribution is 5.80. The molecular formula is C19H30N4O. The van der Waals surface area contributed by atoms with Gasteiger partial charge in [-0.25, -0.2) is 0 Å². The lowest BCUT2D eigenvalue weighted by Gasteiger charge is -2.39. The van der Waals surface area contributed by atoms with Crippen LogP contribution in [0.5, 0.6) is 0 Å². The normalized spacial score (nSPS) is 21.4. The Hall–Kier alpha value is -1.59. The van der Waals surface area contributed by atoms with Gasteiger partial charge >= 0.3 is 0 Å². The lowest BCUT2D eigenvalue weighted by Crippen LogP contribution is -2.52. The summed E-state index contributed by atoms with van der Waals surface area (Å²) in [5, 5.41) is 3.45. The van der Waals surface area contributed by atoms with Gasteiger partial charge in [-0.05, 0) is 12.5 Å². The first-order valence-electron chi connectivity index (χ1n) is 9.06. The average molecular weight is 330 g/mol. The molecule has 0 atom stereocenters. The molecule has 2 aliphatic rings. The molecule has 2 aliphatic heterocycles. The summed E-state index contributed by atoms with van der Waals surface area (Å²) in [5.74, 6) is 1.06. The zero-order valence-corrected chi connectivity index (χ0v) is 15.0. The van der Waals surface area contributed by atoms with Crippen molar-refractivity contribution in [2.45, 2.75) is 20.4 Å². The van der Waals surface area contributed by atoms with Crippen molar-refractivity contribution in [3.8, 4) is 0 Å². The fourth-order valence-corrected chi connectivity index (χ4v) is 3.19. The van der Waals surface area contributed by atoms with Gasteiger partial charge in [0.05, 0.1) is 19.8 Å². The number of nitrogens with one attached hydrogen (secondary N) is 1. The lowest BCUT2D eigenvalue weighted by atomic mass is 9.89. The van der Waals surface area contributed by atoms with E-state index in [4.69, 9.17) is 9.73 Å². The molecule has 0 saturated carbocycles. The van der Waals surface area contributed by atoms with Crippen molar-refractivity contribution in [1.29, 1.82) is 0 Å². The second-order valence-electron chi connectivity index (χ2n) is 7.22. The zero-order valence-electron chi connectivity index (χ0n) is 15.0. The summed E-state index contributed by atoms with van der Waals surface area (Å²) in [7, 11) is 0. The van der Waals surface area contributed by atoms with E-state index in [-0.39, 0.29) is 5.41 Å². The Bertz CT molecular complexity index is 534. The van der Waals surface area contributed by atoms with Crippen LogP contribution < -0.4 is 5.32 Å². The molecule has 5 nitrogen and oxygen atoms in total. The Morgan fingerprint density at radius 1 is 1.17 bits per heavy atom. The van der Waals surface area contributed by atoms with Crippen molar-refractivity contribution in [2.24, 2.45) is 10.4 Å². The van der Waals surface area contributed by atoms with Gasteiger partial charge in [0.15, 0.2) is 5.96 Å². The minimum atomic E-state index is 0.232. The number of guanidine groups is 1. The Morgan fingerprint density at radius 2 is 1.88 bits per heavy atom. The van der Waals surface area contributed by atoms with Crippen LogP contribution in [0, 0.1) is 5.41 Å². The molecular weight excluding hydrogens is 300 g/mol. The number of hydrogen-bond donors (Lipinski definition) is 1. The van der Waals surface area contributed by atoms with Crippen LogP contribution >= 0.6 is 0 Å². The van der Waals surface area contributed by atoms with Crippen LogP contribution in [0.25, 0.3) is 0 Å². The highest BCUT2D eigenvalue weighted by atomic mass is 16.5. The maximum absolute atomic E-state index is 5.34. The average Bonchev–Trinajstić information content (AvgIpc) is 2.59. The highest BCUT2D eigenvalue weighted by Crippen LogP contribution is 2.26. The molecule has 0 aromatic heterocycles. The van der Waals surface area contributed by atoms with E-state index in [1.54, 1.807) is 0 Å². The molecule has 0 spiro atoms. The second-order valence-corrected chi connectivity index (χ2v) is 7.22. The number of piperazine rings is 1. The van der Waals surface area contributed by atoms with Crippen molar-refractivity contribution in [3.05, 3.63) is 35.9 Å². The third kappa shape index (κ3) is 4.48. The predicted molar refractivity (Wildman–Crippen MR) is 98.2 cm³/mol. The van der Waals surface area contributed by atoms with Crippen molar-refractivity contribution in [3.63, 3.8) is 0 Å². The third-order valence-electron chi connectivity index (χ3n) is 4.77. The first-order valence-corrected chi connectivity index (χ1v) is 9.06. The van der Waals surface area contributed by atoms with Gasteiger partial charge in [0.25, 0.3) is 0 Å². The summed E-state index contributed by atoms with van der Waals surface area (Å²) >= 11 is 0. The third-order valence-corrected chi connectivity index (χ3v) is 4.77. The molecule has 1 N–H and O–H groups in total. The predicted octanol–water partition coefficient (Wildman–Crippen LogP) is 1.81. The fourth-order valence-electron chi connectivity index (χ4n) is 3.19. The van der Waals surface area contributed by atoms with Crippen LogP contribution in [0.4, 0.5) is 0 Å². The Kier molecular flexibility index (Phi) is 5.74. The Balaban J connectivity index is 1.52. The van der Waals surface area contributed by atoms with E-state index < -0.39 is 0 Å². The maximum atomic E-state index is 5.34. The van der Waals surface area contributed by atoms with Gasteiger partial charge in [0, 0.05) is 44.7 Å². The molecule has 0 amide bonds. The summed E-state index contributed by atoms with van der Waals surface area (Å²) in [6, 6.07) is 10.7. The summed E-state index contributed by atoms with van der Waals surface area (Å²) in [6.07, 6.45) is 0. The maximum Gasteiger partial charge on any atom is 0.194 e. The Labute approximate surface area is 145 Å². The number of hydrogen-bond acceptors (Lipinski definition) is 3. The quantitative estimate of drug-likeness (QED) is 0.660. The molecule has 3 rings (SSSR count). The minimum absolute atomic E-state index is 0.232. The van der Waals surface area contributed by atoms with Crippen LogP contribution in [0.2, 0.25) is 0 Å². The molecule has 2 saturated heterocycles. The van der Waals surface area contributed by atoms with E-state index in [0.29, 0.717) is 0 Å². The van der Waals surface area contributed by atoms with Crippen LogP contribution in [-0.4, -0.2) is 68.2 Å². The first kappa shape index (κ1) is 17.2. The standard InChI is InChI=1S/C19H30N4O/c1-3-20-18(21-14-19(2)15-24-16-19)23-11-9-22(10-12-23)13-17-7-5-4-6-8-17/h4-8H,3,9-16H2,1-2H3,(H,20,21). The molecule has 0 bridgehead atoms. The van der Waals surface area contributed by atoms with Crippen molar-refractivity contribution < 1.29 is 4.74 Å². The van der Waals surface area contributed by atoms with Crippen LogP contribution in [0.1, 0.15) is 19.4 Å². The van der Waals surface area contributed by atoms with Gasteiger partial charge in [-0.15, -0.1) is 0 Å². The van der Waals surface area contributed by atoms with Crippen molar-refractivity contribution in [2.75, 3.05) is 52.5 Å². The Morgan fingerprint density at radius 3 is 2.46 bits per heavy atom. The monoisotopic (exact) mass is 330 g/mol. The van der Waals surface area contributed by atoms with Gasteiger partial charge in [-0.2, -0.15) is 0 Å². The number of benzene rings is 1. The minimum Gasteiger partial charge on any atom is -0.380 e. The topological polar surface area (TPSA) is 40.1 Å². The largest absolute Gasteiger partial charge is 0.380 e. The smallest absolute Gasteiger partial charge is 0.194 e. The zero-order chi connectivity index (χ0) is 16.8. The van der Waals surface area contributed by atoms with Gasteiger partial charge in [-0.3, -0.25) is 9.89 Å². The van der Waals surface area contributed by atoms with E-state index >= 15 is 0 Å². The first-order chi connectivity index (χ1) is 11.7. The SMILES string of the molecule is CCNC(=NCC1(C)COC1)N1CCN(Cc2ccccc2)CC1. The van der Waals surface area contributed by atoms with Crippen molar-refractivity contribution in [1.82, 2.24) is 15.1 Å². The highest BCUT2D eigenvalue weighted by Gasteiger charge is 2.33. The number of aliphatic imine (C=N–C) groups is 1. The fraction of sp³-hybridized carbons (Fsp3) is 0.632. The van der Waals surface area contributed by atoms with Crippen molar-refractivity contribution >= 4 is 5.96 Å². The van der Waals surface area contributed by atoms with Gasteiger partial charge in [0.2, 0.25) is 0 Å². The number of nitrogens with zero attached hydrogens (tertiary/aromatic N) is 3. The van der Waals surface area contributed by atoms with E-state index in [9.17, 15) is 0 Å². The lowest BCUT2D eigenvalue weighted by molar-refractivity contribution is -0.0946. The molecule has 0 aliphatic carbocycles. The molecule has 24 heavy (non-hydrogen) atoms. The van der Waals surface area contributed by atoms with Gasteiger partial charge in [-0.1, -0.05) is 37.3 Å². The summed E-state index contributed by atoms with van der Waals surface area (Å²) in [6.45, 7) is 13.1. The van der Waals surface area contributed by atoms with Gasteiger partial charge < -0.3 is 15.0 Å². The number of ether oxygens (including phenoxy) is 1. The second kappa shape index (κ2) is 7.99. The number of rotatable bonds is 5. The molecule has 0 radical (unpaired) electrons. The molecule has 1 aromatic carbocycles.